The summed E-state index contributed by atoms with van der Waals surface area (Å²) in [6, 6.07) is 13.2. The van der Waals surface area contributed by atoms with Gasteiger partial charge in [-0.3, -0.25) is 4.79 Å². The van der Waals surface area contributed by atoms with Gasteiger partial charge >= 0.3 is 0 Å². The zero-order chi connectivity index (χ0) is 26.4. The van der Waals surface area contributed by atoms with Crippen LogP contribution in [0.4, 0.5) is 5.69 Å². The van der Waals surface area contributed by atoms with E-state index in [9.17, 15) is 18.3 Å². The molecule has 2 aromatic carbocycles. The molecule has 3 N–H and O–H groups in total. The Morgan fingerprint density at radius 2 is 2.08 bits per heavy atom. The number of anilines is 1. The summed E-state index contributed by atoms with van der Waals surface area (Å²) in [6.45, 7) is 0.641. The Morgan fingerprint density at radius 3 is 2.84 bits per heavy atom. The molecule has 0 spiro atoms. The summed E-state index contributed by atoms with van der Waals surface area (Å²) < 4.78 is 37.2. The van der Waals surface area contributed by atoms with Crippen molar-refractivity contribution in [3.05, 3.63) is 74.5 Å². The summed E-state index contributed by atoms with van der Waals surface area (Å²) in [6.07, 6.45) is 2.15. The number of thiazole rings is 1. The van der Waals surface area contributed by atoms with Crippen LogP contribution in [0.3, 0.4) is 0 Å². The number of fused-ring (bicyclic) bond motifs is 2. The molecule has 2 aliphatic rings. The Bertz CT molecular complexity index is 1830. The number of aromatic hydroxyl groups is 1. The maximum Gasteiger partial charge on any atom is 0.286 e. The molecule has 1 saturated carbocycles. The zero-order valence-corrected chi connectivity index (χ0v) is 21.3. The molecule has 1 aliphatic heterocycles. The van der Waals surface area contributed by atoms with E-state index in [2.05, 4.69) is 20.1 Å². The van der Waals surface area contributed by atoms with Crippen LogP contribution in [0, 0.1) is 17.2 Å². The van der Waals surface area contributed by atoms with E-state index in [0.717, 1.165) is 12.8 Å². The number of rotatable bonds is 7. The number of ether oxygens (including phenoxy) is 1. The first-order valence-electron chi connectivity index (χ1n) is 11.7. The van der Waals surface area contributed by atoms with Crippen LogP contribution < -0.4 is 21.0 Å². The Labute approximate surface area is 220 Å². The van der Waals surface area contributed by atoms with Crippen molar-refractivity contribution in [2.24, 2.45) is 10.3 Å². The van der Waals surface area contributed by atoms with Gasteiger partial charge in [0.2, 0.25) is 0 Å². The molecule has 0 atom stereocenters. The summed E-state index contributed by atoms with van der Waals surface area (Å²) >= 11 is 1.26. The molecule has 0 amide bonds. The van der Waals surface area contributed by atoms with Crippen LogP contribution in [0.15, 0.2) is 61.9 Å². The predicted molar refractivity (Wildman–Crippen MR) is 142 cm³/mol. The second-order valence-electron chi connectivity index (χ2n) is 8.91. The van der Waals surface area contributed by atoms with Crippen LogP contribution in [0.1, 0.15) is 29.1 Å². The fourth-order valence-corrected chi connectivity index (χ4v) is 5.92. The Kier molecular flexibility index (Phi) is 5.77. The lowest BCUT2D eigenvalue weighted by molar-refractivity contribution is 0.304. The third kappa shape index (κ3) is 4.33. The molecule has 38 heavy (non-hydrogen) atoms. The number of amidine groups is 1. The molecule has 4 aromatic rings. The van der Waals surface area contributed by atoms with E-state index in [1.807, 2.05) is 6.07 Å². The van der Waals surface area contributed by atoms with Crippen molar-refractivity contribution in [1.82, 2.24) is 9.66 Å². The molecule has 0 bridgehead atoms. The summed E-state index contributed by atoms with van der Waals surface area (Å²) in [5.74, 6) is 0.103. The molecule has 1 fully saturated rings. The van der Waals surface area contributed by atoms with Crippen LogP contribution in [0.5, 0.6) is 11.5 Å². The van der Waals surface area contributed by atoms with Crippen LogP contribution >= 0.6 is 11.3 Å². The summed E-state index contributed by atoms with van der Waals surface area (Å²) in [5, 5.41) is 25.4. The van der Waals surface area contributed by atoms with Crippen LogP contribution in [-0.2, 0) is 16.6 Å². The molecule has 6 rings (SSSR count). The zero-order valence-electron chi connectivity index (χ0n) is 19.7. The number of nitrogens with zero attached hydrogens (tertiary/aromatic N) is 4. The molecule has 2 aromatic heterocycles. The summed E-state index contributed by atoms with van der Waals surface area (Å²) in [4.78, 5) is 17.5. The first-order chi connectivity index (χ1) is 18.3. The van der Waals surface area contributed by atoms with Crippen LogP contribution in [0.2, 0.25) is 0 Å². The van der Waals surface area contributed by atoms with Gasteiger partial charge in [0.25, 0.3) is 15.6 Å². The maximum atomic E-state index is 13.5. The van der Waals surface area contributed by atoms with Gasteiger partial charge in [0.15, 0.2) is 11.5 Å². The minimum absolute atomic E-state index is 0.0610. The molecule has 1 aliphatic carbocycles. The quantitative estimate of drug-likeness (QED) is 0.315. The van der Waals surface area contributed by atoms with E-state index in [1.54, 1.807) is 35.7 Å². The van der Waals surface area contributed by atoms with Crippen LogP contribution in [0.25, 0.3) is 10.9 Å². The number of para-hydroxylation sites is 1. The SMILES string of the molecule is N#Cc1csc(COc2ccc3c(c2)S(=O)(=O)N=C(c2c(O)c4ccccc4n(NCC4CC4)c2=O)N3)n1. The average Bonchev–Trinajstić information content (AvgIpc) is 3.62. The molecular weight excluding hydrogens is 528 g/mol. The molecule has 192 valence electrons. The fraction of sp³-hybridized carbons (Fsp3) is 0.200. The largest absolute Gasteiger partial charge is 0.506 e. The highest BCUT2D eigenvalue weighted by Gasteiger charge is 2.31. The predicted octanol–water partition coefficient (Wildman–Crippen LogP) is 3.13. The van der Waals surface area contributed by atoms with Gasteiger partial charge in [-0.1, -0.05) is 12.1 Å². The van der Waals surface area contributed by atoms with Gasteiger partial charge in [0.05, 0.1) is 11.2 Å². The topological polar surface area (TPSA) is 159 Å². The Morgan fingerprint density at radius 1 is 1.26 bits per heavy atom. The van der Waals surface area contributed by atoms with E-state index in [4.69, 9.17) is 10.00 Å². The number of aromatic nitrogens is 2. The summed E-state index contributed by atoms with van der Waals surface area (Å²) in [7, 11) is -4.25. The molecule has 3 heterocycles. The highest BCUT2D eigenvalue weighted by atomic mass is 32.2. The van der Waals surface area contributed by atoms with E-state index in [1.165, 1.54) is 28.1 Å². The second kappa shape index (κ2) is 9.16. The Balaban J connectivity index is 1.36. The third-order valence-corrected chi connectivity index (χ3v) is 8.39. The first-order valence-corrected chi connectivity index (χ1v) is 14.0. The average molecular weight is 549 g/mol. The van der Waals surface area contributed by atoms with Crippen molar-refractivity contribution >= 4 is 43.8 Å². The monoisotopic (exact) mass is 548 g/mol. The lowest BCUT2D eigenvalue weighted by Crippen LogP contribution is -2.37. The minimum atomic E-state index is -4.25. The molecule has 0 radical (unpaired) electrons. The highest BCUT2D eigenvalue weighted by Crippen LogP contribution is 2.35. The van der Waals surface area contributed by atoms with Crippen molar-refractivity contribution in [3.8, 4) is 17.6 Å². The first kappa shape index (κ1) is 24.0. The minimum Gasteiger partial charge on any atom is -0.506 e. The number of sulfonamides is 1. The van der Waals surface area contributed by atoms with Gasteiger partial charge in [-0.25, -0.2) is 9.66 Å². The van der Waals surface area contributed by atoms with Crippen molar-refractivity contribution in [3.63, 3.8) is 0 Å². The number of hydrogen-bond donors (Lipinski definition) is 3. The van der Waals surface area contributed by atoms with Gasteiger partial charge in [-0.15, -0.1) is 15.7 Å². The van der Waals surface area contributed by atoms with Gasteiger partial charge in [-0.2, -0.15) is 13.7 Å². The van der Waals surface area contributed by atoms with Gasteiger partial charge in [-0.05, 0) is 43.0 Å². The normalized spacial score (nSPS) is 15.7. The van der Waals surface area contributed by atoms with Gasteiger partial charge in [0.1, 0.15) is 39.6 Å². The van der Waals surface area contributed by atoms with Crippen molar-refractivity contribution < 1.29 is 18.3 Å². The maximum absolute atomic E-state index is 13.5. The number of hydrogen-bond acceptors (Lipinski definition) is 10. The molecule has 11 nitrogen and oxygen atoms in total. The number of nitrogens with one attached hydrogen (secondary N) is 2. The van der Waals surface area contributed by atoms with E-state index in [0.29, 0.717) is 28.4 Å². The molecule has 13 heteroatoms. The van der Waals surface area contributed by atoms with Gasteiger partial charge in [0, 0.05) is 23.4 Å². The van der Waals surface area contributed by atoms with Crippen molar-refractivity contribution in [2.45, 2.75) is 24.3 Å². The highest BCUT2D eigenvalue weighted by molar-refractivity contribution is 7.90. The molecular formula is C25H20N6O5S2. The Hall–Kier alpha value is -4.41. The summed E-state index contributed by atoms with van der Waals surface area (Å²) in [5.41, 5.74) is 3.20. The molecule has 0 unspecified atom stereocenters. The lowest BCUT2D eigenvalue weighted by Gasteiger charge is -2.21. The van der Waals surface area contributed by atoms with Crippen LogP contribution in [-0.4, -0.2) is 35.6 Å². The third-order valence-electron chi connectivity index (χ3n) is 6.25. The smallest absolute Gasteiger partial charge is 0.286 e. The molecule has 0 saturated heterocycles. The standard InChI is InChI=1S/C25H20N6O5S2/c26-10-15-13-37-21(28-15)12-36-16-7-8-18-20(9-16)38(34,35)30-24(29-18)22-23(32)17-3-1-2-4-19(17)31(25(22)33)27-11-14-5-6-14/h1-4,7-9,13-14,27,32H,5-6,11-12H2,(H,29,30). The van der Waals surface area contributed by atoms with Crippen molar-refractivity contribution in [2.75, 3.05) is 17.3 Å². The number of benzene rings is 2. The second-order valence-corrected chi connectivity index (χ2v) is 11.4. The van der Waals surface area contributed by atoms with E-state index < -0.39 is 15.6 Å². The van der Waals surface area contributed by atoms with Crippen molar-refractivity contribution in [1.29, 1.82) is 5.26 Å². The number of nitriles is 1. The number of pyridine rings is 1. The van der Waals surface area contributed by atoms with Gasteiger partial charge < -0.3 is 20.6 Å². The lowest BCUT2D eigenvalue weighted by atomic mass is 10.1. The van der Waals surface area contributed by atoms with E-state index in [-0.39, 0.29) is 45.8 Å². The van der Waals surface area contributed by atoms with E-state index >= 15 is 0 Å². The fourth-order valence-electron chi connectivity index (χ4n) is 4.15.